The lowest BCUT2D eigenvalue weighted by Crippen LogP contribution is -1.97. The maximum atomic E-state index is 10.3. The maximum absolute atomic E-state index is 10.3. The number of methoxy groups -OCH3 is 1. The largest absolute Gasteiger partial charge is 0.497 e. The SMILES string of the molecule is CCC.COc1ccc(CCC(=O)O)cc1. The van der Waals surface area contributed by atoms with Crippen LogP contribution in [-0.2, 0) is 11.2 Å². The second-order valence-electron chi connectivity index (χ2n) is 3.45. The van der Waals surface area contributed by atoms with E-state index in [-0.39, 0.29) is 6.42 Å². The first kappa shape index (κ1) is 14.5. The number of ether oxygens (including phenoxy) is 1. The first-order chi connectivity index (χ1) is 7.63. The molecule has 0 amide bonds. The molecule has 0 radical (unpaired) electrons. The lowest BCUT2D eigenvalue weighted by atomic mass is 10.1. The zero-order valence-electron chi connectivity index (χ0n) is 10.2. The van der Waals surface area contributed by atoms with E-state index in [1.165, 1.54) is 6.42 Å². The van der Waals surface area contributed by atoms with Crippen molar-refractivity contribution in [3.8, 4) is 5.75 Å². The van der Waals surface area contributed by atoms with Crippen LogP contribution >= 0.6 is 0 Å². The molecule has 0 bridgehead atoms. The topological polar surface area (TPSA) is 46.5 Å². The molecule has 3 heteroatoms. The van der Waals surface area contributed by atoms with Gasteiger partial charge in [0.15, 0.2) is 0 Å². The van der Waals surface area contributed by atoms with E-state index in [0.717, 1.165) is 11.3 Å². The predicted molar refractivity (Wildman–Crippen MR) is 64.9 cm³/mol. The van der Waals surface area contributed by atoms with Gasteiger partial charge < -0.3 is 9.84 Å². The van der Waals surface area contributed by atoms with Crippen molar-refractivity contribution in [1.82, 2.24) is 0 Å². The van der Waals surface area contributed by atoms with Gasteiger partial charge in [-0.1, -0.05) is 32.4 Å². The first-order valence-electron chi connectivity index (χ1n) is 5.48. The Kier molecular flexibility index (Phi) is 7.94. The summed E-state index contributed by atoms with van der Waals surface area (Å²) >= 11 is 0. The fourth-order valence-electron chi connectivity index (χ4n) is 1.04. The lowest BCUT2D eigenvalue weighted by molar-refractivity contribution is -0.136. The second-order valence-corrected chi connectivity index (χ2v) is 3.45. The van der Waals surface area contributed by atoms with E-state index in [4.69, 9.17) is 9.84 Å². The summed E-state index contributed by atoms with van der Waals surface area (Å²) in [6.07, 6.45) is 1.99. The average molecular weight is 224 g/mol. The number of benzene rings is 1. The van der Waals surface area contributed by atoms with Gasteiger partial charge in [-0.25, -0.2) is 0 Å². The number of hydrogen-bond donors (Lipinski definition) is 1. The molecule has 0 saturated heterocycles. The molecule has 3 nitrogen and oxygen atoms in total. The van der Waals surface area contributed by atoms with Crippen LogP contribution in [-0.4, -0.2) is 18.2 Å². The molecular formula is C13H20O3. The molecular weight excluding hydrogens is 204 g/mol. The minimum Gasteiger partial charge on any atom is -0.497 e. The fraction of sp³-hybridized carbons (Fsp3) is 0.462. The summed E-state index contributed by atoms with van der Waals surface area (Å²) < 4.78 is 4.98. The van der Waals surface area contributed by atoms with Gasteiger partial charge in [0.2, 0.25) is 0 Å². The number of hydrogen-bond acceptors (Lipinski definition) is 2. The van der Waals surface area contributed by atoms with Crippen LogP contribution in [0.2, 0.25) is 0 Å². The maximum Gasteiger partial charge on any atom is 0.303 e. The molecule has 0 fully saturated rings. The quantitative estimate of drug-likeness (QED) is 0.854. The van der Waals surface area contributed by atoms with Crippen molar-refractivity contribution in [3.05, 3.63) is 29.8 Å². The van der Waals surface area contributed by atoms with Crippen molar-refractivity contribution < 1.29 is 14.6 Å². The summed E-state index contributed by atoms with van der Waals surface area (Å²) in [5.41, 5.74) is 1.02. The third-order valence-electron chi connectivity index (χ3n) is 1.79. The van der Waals surface area contributed by atoms with E-state index in [0.29, 0.717) is 6.42 Å². The molecule has 0 saturated carbocycles. The molecule has 0 aliphatic carbocycles. The van der Waals surface area contributed by atoms with E-state index in [1.54, 1.807) is 7.11 Å². The Labute approximate surface area is 97.1 Å². The molecule has 1 aromatic rings. The van der Waals surface area contributed by atoms with Crippen LogP contribution in [0, 0.1) is 0 Å². The predicted octanol–water partition coefficient (Wildman–Crippen LogP) is 3.13. The van der Waals surface area contributed by atoms with Crippen LogP contribution in [0.15, 0.2) is 24.3 Å². The highest BCUT2D eigenvalue weighted by molar-refractivity contribution is 5.67. The van der Waals surface area contributed by atoms with Crippen molar-refractivity contribution in [2.75, 3.05) is 7.11 Å². The van der Waals surface area contributed by atoms with E-state index in [1.807, 2.05) is 24.3 Å². The molecule has 1 rings (SSSR count). The summed E-state index contributed by atoms with van der Waals surface area (Å²) in [6.45, 7) is 4.25. The summed E-state index contributed by atoms with van der Waals surface area (Å²) in [4.78, 5) is 10.3. The van der Waals surface area contributed by atoms with Gasteiger partial charge >= 0.3 is 5.97 Å². The Morgan fingerprint density at radius 2 is 1.75 bits per heavy atom. The van der Waals surface area contributed by atoms with E-state index in [9.17, 15) is 4.79 Å². The fourth-order valence-corrected chi connectivity index (χ4v) is 1.04. The highest BCUT2D eigenvalue weighted by Gasteiger charge is 1.98. The van der Waals surface area contributed by atoms with Crippen molar-refractivity contribution >= 4 is 5.97 Å². The molecule has 0 spiro atoms. The van der Waals surface area contributed by atoms with Gasteiger partial charge in [0.05, 0.1) is 7.11 Å². The van der Waals surface area contributed by atoms with Crippen molar-refractivity contribution in [2.45, 2.75) is 33.1 Å². The van der Waals surface area contributed by atoms with Crippen LogP contribution in [0.25, 0.3) is 0 Å². The molecule has 90 valence electrons. The van der Waals surface area contributed by atoms with Gasteiger partial charge in [0.1, 0.15) is 5.75 Å². The molecule has 1 N–H and O–H groups in total. The molecule has 0 atom stereocenters. The normalized spacial score (nSPS) is 8.94. The number of carbonyl (C=O) groups is 1. The van der Waals surface area contributed by atoms with Crippen LogP contribution in [0.5, 0.6) is 5.75 Å². The summed E-state index contributed by atoms with van der Waals surface area (Å²) in [5, 5.41) is 8.45. The Bertz CT molecular complexity index is 291. The number of carboxylic acid groups (broad SMARTS) is 1. The van der Waals surface area contributed by atoms with Gasteiger partial charge in [-0.3, -0.25) is 4.79 Å². The van der Waals surface area contributed by atoms with Gasteiger partial charge in [0.25, 0.3) is 0 Å². The molecule has 0 aliphatic rings. The Balaban J connectivity index is 0.000000673. The number of carboxylic acids is 1. The van der Waals surface area contributed by atoms with Gasteiger partial charge in [-0.05, 0) is 24.1 Å². The smallest absolute Gasteiger partial charge is 0.303 e. The second kappa shape index (κ2) is 8.77. The van der Waals surface area contributed by atoms with Gasteiger partial charge in [-0.2, -0.15) is 0 Å². The van der Waals surface area contributed by atoms with Crippen LogP contribution in [0.3, 0.4) is 0 Å². The highest BCUT2D eigenvalue weighted by Crippen LogP contribution is 2.12. The highest BCUT2D eigenvalue weighted by atomic mass is 16.5. The monoisotopic (exact) mass is 224 g/mol. The van der Waals surface area contributed by atoms with Crippen molar-refractivity contribution in [3.63, 3.8) is 0 Å². The Morgan fingerprint density at radius 1 is 1.25 bits per heavy atom. The zero-order chi connectivity index (χ0) is 12.4. The summed E-state index contributed by atoms with van der Waals surface area (Å²) in [7, 11) is 1.60. The summed E-state index contributed by atoms with van der Waals surface area (Å²) in [5.74, 6) is 0.0230. The minimum atomic E-state index is -0.768. The third-order valence-corrected chi connectivity index (χ3v) is 1.79. The molecule has 0 aliphatic heterocycles. The molecule has 16 heavy (non-hydrogen) atoms. The molecule has 1 aromatic carbocycles. The zero-order valence-corrected chi connectivity index (χ0v) is 10.2. The lowest BCUT2D eigenvalue weighted by Gasteiger charge is -2.01. The Morgan fingerprint density at radius 3 is 2.12 bits per heavy atom. The average Bonchev–Trinajstić information content (AvgIpc) is 2.28. The molecule has 0 aromatic heterocycles. The first-order valence-corrected chi connectivity index (χ1v) is 5.48. The number of rotatable bonds is 4. The van der Waals surface area contributed by atoms with Gasteiger partial charge in [-0.15, -0.1) is 0 Å². The van der Waals surface area contributed by atoms with Gasteiger partial charge in [0, 0.05) is 6.42 Å². The standard InChI is InChI=1S/C10H12O3.C3H8/c1-13-9-5-2-8(3-6-9)4-7-10(11)12;1-3-2/h2-3,5-6H,4,7H2,1H3,(H,11,12);3H2,1-2H3. The van der Waals surface area contributed by atoms with E-state index < -0.39 is 5.97 Å². The summed E-state index contributed by atoms with van der Waals surface area (Å²) in [6, 6.07) is 7.41. The molecule has 0 heterocycles. The van der Waals surface area contributed by atoms with Crippen molar-refractivity contribution in [1.29, 1.82) is 0 Å². The third kappa shape index (κ3) is 6.87. The molecule has 0 unspecified atom stereocenters. The minimum absolute atomic E-state index is 0.173. The number of aliphatic carboxylic acids is 1. The number of aryl methyl sites for hydroxylation is 1. The van der Waals surface area contributed by atoms with Crippen LogP contribution < -0.4 is 4.74 Å². The Hall–Kier alpha value is -1.51. The van der Waals surface area contributed by atoms with E-state index >= 15 is 0 Å². The van der Waals surface area contributed by atoms with Crippen LogP contribution in [0.1, 0.15) is 32.3 Å². The van der Waals surface area contributed by atoms with Crippen LogP contribution in [0.4, 0.5) is 0 Å². The van der Waals surface area contributed by atoms with Crippen molar-refractivity contribution in [2.24, 2.45) is 0 Å². The van der Waals surface area contributed by atoms with E-state index in [2.05, 4.69) is 13.8 Å².